The maximum absolute atomic E-state index is 16.4. The molecule has 12 nitrogen and oxygen atoms in total. The zero-order valence-corrected chi connectivity index (χ0v) is 37.2. The highest BCUT2D eigenvalue weighted by molar-refractivity contribution is 6.07. The lowest BCUT2D eigenvalue weighted by Gasteiger charge is -2.33. The average Bonchev–Trinajstić information content (AvgIpc) is 3.59. The van der Waals surface area contributed by atoms with Crippen LogP contribution in [0.1, 0.15) is 96.3 Å². The van der Waals surface area contributed by atoms with Crippen LogP contribution in [0.4, 0.5) is 10.1 Å². The number of primary amides is 1. The highest BCUT2D eigenvalue weighted by atomic mass is 19.1. The summed E-state index contributed by atoms with van der Waals surface area (Å²) in [7, 11) is 2.20. The normalized spacial score (nSPS) is 16.3. The number of nitrogens with two attached hydrogens (primary N) is 1. The molecule has 3 aliphatic rings. The molecule has 2 amide bonds. The van der Waals surface area contributed by atoms with Crippen molar-refractivity contribution in [2.75, 3.05) is 77.4 Å². The Morgan fingerprint density at radius 2 is 1.56 bits per heavy atom. The van der Waals surface area contributed by atoms with E-state index in [2.05, 4.69) is 34.0 Å². The second-order valence-electron chi connectivity index (χ2n) is 16.5. The first kappa shape index (κ1) is 45.5. The fourth-order valence-corrected chi connectivity index (χ4v) is 8.76. The largest absolute Gasteiger partial charge is 0.456 e. The van der Waals surface area contributed by atoms with Crippen molar-refractivity contribution >= 4 is 50.3 Å². The number of fused-ring (bicyclic) bond motifs is 5. The smallest absolute Gasteiger partial charge is 0.254 e. The van der Waals surface area contributed by atoms with Crippen LogP contribution in [0.25, 0.3) is 38.5 Å². The minimum atomic E-state index is -0.914. The molecule has 13 heteroatoms. The van der Waals surface area contributed by atoms with Gasteiger partial charge in [-0.05, 0) is 77.5 Å². The SMILES string of the molecule is CC.CCCN(CC(C)NC(=O)CCN1CCCCCCC1)c1c(F)cc2c(=O)c(C(N)=O)cn3c2c1Oc1cc2c(cc1-3)oc1ccccc12.CCCN1CCN(C)CC1. The number of likely N-dealkylation sites (tertiary alicyclic amines) is 1. The summed E-state index contributed by atoms with van der Waals surface area (Å²) in [4.78, 5) is 48.1. The summed E-state index contributed by atoms with van der Waals surface area (Å²) in [6.07, 6.45) is 9.88. The maximum Gasteiger partial charge on any atom is 0.254 e. The molecule has 1 atom stereocenters. The number of anilines is 1. The van der Waals surface area contributed by atoms with Gasteiger partial charge in [-0.25, -0.2) is 4.39 Å². The van der Waals surface area contributed by atoms with Crippen LogP contribution in [0.3, 0.4) is 0 Å². The van der Waals surface area contributed by atoms with Crippen LogP contribution < -0.4 is 26.1 Å². The number of rotatable bonds is 12. The molecule has 3 aromatic carbocycles. The lowest BCUT2D eigenvalue weighted by Crippen LogP contribution is -2.44. The summed E-state index contributed by atoms with van der Waals surface area (Å²) in [6.45, 7) is 20.0. The van der Waals surface area contributed by atoms with Crippen molar-refractivity contribution < 1.29 is 23.1 Å². The number of nitrogens with one attached hydrogen (secondary N) is 1. The first-order valence-electron chi connectivity index (χ1n) is 22.6. The molecular weight excluding hydrogens is 774 g/mol. The molecule has 0 aliphatic carbocycles. The van der Waals surface area contributed by atoms with Crippen LogP contribution in [0.2, 0.25) is 0 Å². The monoisotopic (exact) mass is 840 g/mol. The van der Waals surface area contributed by atoms with Crippen LogP contribution in [-0.2, 0) is 4.79 Å². The third-order valence-corrected chi connectivity index (χ3v) is 11.8. The Hall–Kier alpha value is -4.98. The Balaban J connectivity index is 0.000000452. The van der Waals surface area contributed by atoms with E-state index in [-0.39, 0.29) is 34.3 Å². The fourth-order valence-electron chi connectivity index (χ4n) is 8.76. The lowest BCUT2D eigenvalue weighted by atomic mass is 10.0. The van der Waals surface area contributed by atoms with Gasteiger partial charge in [-0.15, -0.1) is 0 Å². The van der Waals surface area contributed by atoms with Crippen LogP contribution in [0, 0.1) is 5.82 Å². The number of pyridine rings is 1. The van der Waals surface area contributed by atoms with E-state index < -0.39 is 17.2 Å². The standard InChI is InChI=1S/C38H42FN5O5.C8H18N2.C2H6/c1-3-14-43(21-23(2)41-33(45)13-17-42-15-9-5-4-6-10-16-42)35-28(39)18-26-34-37(35)49-32-19-25-24-11-7-8-12-30(24)48-31(25)20-29(32)44(34)22-27(36(26)46)38(40)47;1-3-4-10-7-5-9(2)6-8-10;1-2/h7-8,11-12,18-20,22-23H,3-6,9-10,13-17,21H2,1-2H3,(H2,40,47)(H,41,45);3-8H2,1-2H3;1-2H3. The fraction of sp³-hybridized carbons (Fsp3) is 0.521. The first-order chi connectivity index (χ1) is 29.6. The summed E-state index contributed by atoms with van der Waals surface area (Å²) < 4.78 is 30.8. The molecule has 8 rings (SSSR count). The number of halogens is 1. The lowest BCUT2D eigenvalue weighted by molar-refractivity contribution is -0.122. The van der Waals surface area contributed by atoms with E-state index in [9.17, 15) is 14.4 Å². The van der Waals surface area contributed by atoms with Gasteiger partial charge in [0, 0.05) is 81.3 Å². The van der Waals surface area contributed by atoms with Gasteiger partial charge in [0.1, 0.15) is 27.9 Å². The van der Waals surface area contributed by atoms with Crippen molar-refractivity contribution in [3.05, 3.63) is 70.3 Å². The van der Waals surface area contributed by atoms with E-state index in [1.165, 1.54) is 64.6 Å². The Kier molecular flexibility index (Phi) is 15.8. The number of aromatic nitrogens is 1. The minimum absolute atomic E-state index is 0.0232. The van der Waals surface area contributed by atoms with Crippen molar-refractivity contribution in [3.63, 3.8) is 0 Å². The number of ether oxygens (including phenoxy) is 1. The van der Waals surface area contributed by atoms with Crippen LogP contribution in [0.5, 0.6) is 11.5 Å². The first-order valence-corrected chi connectivity index (χ1v) is 22.6. The number of carbonyl (C=O) groups excluding carboxylic acids is 2. The number of amides is 2. The molecule has 3 N–H and O–H groups in total. The van der Waals surface area contributed by atoms with Crippen molar-refractivity contribution in [3.8, 4) is 17.2 Å². The van der Waals surface area contributed by atoms with Crippen molar-refractivity contribution in [1.82, 2.24) is 24.6 Å². The number of nitrogens with zero attached hydrogens (tertiary/aromatic N) is 5. The van der Waals surface area contributed by atoms with E-state index in [1.807, 2.05) is 62.9 Å². The highest BCUT2D eigenvalue weighted by Gasteiger charge is 2.32. The maximum atomic E-state index is 16.4. The van der Waals surface area contributed by atoms with Gasteiger partial charge in [0.15, 0.2) is 17.3 Å². The second kappa shape index (κ2) is 21.2. The quantitative estimate of drug-likeness (QED) is 0.125. The van der Waals surface area contributed by atoms with E-state index in [1.54, 1.807) is 10.6 Å². The molecule has 0 radical (unpaired) electrons. The van der Waals surface area contributed by atoms with Crippen LogP contribution in [0.15, 0.2) is 57.9 Å². The van der Waals surface area contributed by atoms with E-state index in [0.29, 0.717) is 54.1 Å². The third-order valence-electron chi connectivity index (χ3n) is 11.8. The molecular formula is C48H66FN7O5. The van der Waals surface area contributed by atoms with Gasteiger partial charge >= 0.3 is 0 Å². The van der Waals surface area contributed by atoms with E-state index in [4.69, 9.17) is 14.9 Å². The van der Waals surface area contributed by atoms with Gasteiger partial charge < -0.3 is 44.4 Å². The Morgan fingerprint density at radius 3 is 2.25 bits per heavy atom. The topological polar surface area (TPSA) is 130 Å². The molecule has 2 fully saturated rings. The Labute approximate surface area is 359 Å². The molecule has 61 heavy (non-hydrogen) atoms. The van der Waals surface area contributed by atoms with Gasteiger partial charge in [-0.1, -0.05) is 65.2 Å². The summed E-state index contributed by atoms with van der Waals surface area (Å²) in [5, 5.41) is 4.79. The predicted molar refractivity (Wildman–Crippen MR) is 245 cm³/mol. The number of likely N-dealkylation sites (N-methyl/N-ethyl adjacent to an activating group) is 1. The molecule has 5 aromatic rings. The molecule has 2 saturated heterocycles. The zero-order chi connectivity index (χ0) is 43.6. The number of hydrogen-bond donors (Lipinski definition) is 2. The summed E-state index contributed by atoms with van der Waals surface area (Å²) in [5.74, 6) is -1.06. The summed E-state index contributed by atoms with van der Waals surface area (Å²) >= 11 is 0. The van der Waals surface area contributed by atoms with E-state index in [0.717, 1.165) is 49.3 Å². The van der Waals surface area contributed by atoms with Crippen LogP contribution >= 0.6 is 0 Å². The van der Waals surface area contributed by atoms with Crippen molar-refractivity contribution in [2.24, 2.45) is 5.73 Å². The van der Waals surface area contributed by atoms with Gasteiger partial charge in [0.2, 0.25) is 11.3 Å². The summed E-state index contributed by atoms with van der Waals surface area (Å²) in [6, 6.07) is 12.1. The molecule has 2 aromatic heterocycles. The molecule has 0 bridgehead atoms. The number of piperazine rings is 1. The molecule has 330 valence electrons. The third kappa shape index (κ3) is 10.6. The number of hydrogen-bond acceptors (Lipinski definition) is 9. The number of furan rings is 1. The van der Waals surface area contributed by atoms with Gasteiger partial charge in [0.25, 0.3) is 5.91 Å². The van der Waals surface area contributed by atoms with Gasteiger partial charge in [-0.3, -0.25) is 14.4 Å². The Bertz CT molecular complexity index is 2340. The Morgan fingerprint density at radius 1 is 0.869 bits per heavy atom. The average molecular weight is 840 g/mol. The minimum Gasteiger partial charge on any atom is -0.456 e. The molecule has 5 heterocycles. The van der Waals surface area contributed by atoms with Gasteiger partial charge in [-0.2, -0.15) is 0 Å². The highest BCUT2D eigenvalue weighted by Crippen LogP contribution is 2.48. The number of carbonyl (C=O) groups is 2. The van der Waals surface area contributed by atoms with Crippen LogP contribution in [-0.4, -0.2) is 110 Å². The van der Waals surface area contributed by atoms with E-state index >= 15 is 4.39 Å². The zero-order valence-electron chi connectivity index (χ0n) is 37.2. The molecule has 0 spiro atoms. The van der Waals surface area contributed by atoms with Crippen molar-refractivity contribution in [1.29, 1.82) is 0 Å². The number of benzene rings is 3. The summed E-state index contributed by atoms with van der Waals surface area (Å²) in [5.41, 5.74) is 6.99. The second-order valence-corrected chi connectivity index (χ2v) is 16.5. The predicted octanol–water partition coefficient (Wildman–Crippen LogP) is 8.28. The van der Waals surface area contributed by atoms with Gasteiger partial charge in [0.05, 0.1) is 11.1 Å². The molecule has 1 unspecified atom stereocenters. The molecule has 0 saturated carbocycles. The molecule has 3 aliphatic heterocycles. The number of para-hydroxylation sites is 1. The van der Waals surface area contributed by atoms with Crippen molar-refractivity contribution in [2.45, 2.75) is 92.0 Å².